The van der Waals surface area contributed by atoms with Gasteiger partial charge in [0.1, 0.15) is 42.6 Å². The van der Waals surface area contributed by atoms with Gasteiger partial charge in [-0.25, -0.2) is 65.8 Å². The smallest absolute Gasteiger partial charge is 0.324 e. The van der Waals surface area contributed by atoms with Crippen molar-refractivity contribution in [3.8, 4) is 0 Å². The second-order valence-electron chi connectivity index (χ2n) is 22.5. The van der Waals surface area contributed by atoms with Crippen molar-refractivity contribution < 1.29 is 64.4 Å². The number of rotatable bonds is 13. The quantitative estimate of drug-likeness (QED) is 0.0638. The van der Waals surface area contributed by atoms with Crippen LogP contribution in [-0.2, 0) is 62.9 Å². The second-order valence-corrected chi connectivity index (χ2v) is 25.8. The Morgan fingerprint density at radius 1 is 0.619 bits per heavy atom. The molecule has 8 atom stereocenters. The van der Waals surface area contributed by atoms with Crippen molar-refractivity contribution in [1.29, 1.82) is 0 Å². The number of likely N-dealkylation sites (N-methyl/N-ethyl adjacent to an activating group) is 2. The van der Waals surface area contributed by atoms with Gasteiger partial charge in [0.05, 0.1) is 28.1 Å². The number of nitrogens with two attached hydrogens (primary N) is 1. The number of fused-ring (bicyclic) bond motifs is 4. The molecule has 452 valence electrons. The molecule has 0 aliphatic carbocycles. The molecule has 0 spiro atoms. The predicted molar refractivity (Wildman–Crippen MR) is 301 cm³/mol. The molecule has 4 amide bonds. The molecule has 32 heteroatoms. The SMILES string of the molecule is CC(C)(C)NS(=O)(=O)c1ccc(N=C=O)cc1.CCNC(=O)[C@H]1O[C@@H](n2cnc3c(N)ncnc32)[C@@H]2OC(C)(C)O[C@@H]21.CCNC(=O)[C@H]1O[C@@H](n2cnc3c(NC(=O)Nc4ccc(S(=O)(=O)NC(C)(C)C)cc4)ncnc32)[C@@H]2OC(C)(C)O[C@@H]21. The van der Waals surface area contributed by atoms with Crippen LogP contribution in [0.1, 0.15) is 95.5 Å². The maximum Gasteiger partial charge on any atom is 0.324 e. The van der Waals surface area contributed by atoms with Crippen molar-refractivity contribution in [1.82, 2.24) is 59.1 Å². The lowest BCUT2D eigenvalue weighted by Gasteiger charge is -2.24. The average Bonchev–Trinajstić information content (AvgIpc) is 2.34. The van der Waals surface area contributed by atoms with Gasteiger partial charge >= 0.3 is 6.03 Å². The summed E-state index contributed by atoms with van der Waals surface area (Å²) in [6.07, 6.45) is 1.70. The third-order valence-corrected chi connectivity index (χ3v) is 16.0. The van der Waals surface area contributed by atoms with Crippen LogP contribution in [0.4, 0.5) is 27.8 Å². The van der Waals surface area contributed by atoms with Crippen molar-refractivity contribution in [3.63, 3.8) is 0 Å². The van der Waals surface area contributed by atoms with Crippen LogP contribution in [0, 0.1) is 0 Å². The Bertz CT molecular complexity index is 3670. The van der Waals surface area contributed by atoms with Gasteiger partial charge in [-0.3, -0.25) is 24.0 Å². The van der Waals surface area contributed by atoms with Crippen molar-refractivity contribution in [2.24, 2.45) is 4.99 Å². The number of hydrogen-bond donors (Lipinski definition) is 7. The number of nitrogens with one attached hydrogen (secondary N) is 6. The summed E-state index contributed by atoms with van der Waals surface area (Å²) in [6, 6.07) is 10.8. The normalized spacial score (nSPS) is 23.2. The summed E-state index contributed by atoms with van der Waals surface area (Å²) in [7, 11) is -7.26. The Hall–Kier alpha value is -7.49. The van der Waals surface area contributed by atoms with Crippen LogP contribution >= 0.6 is 0 Å². The number of anilines is 3. The van der Waals surface area contributed by atoms with Crippen molar-refractivity contribution in [2.45, 2.75) is 165 Å². The summed E-state index contributed by atoms with van der Waals surface area (Å²) in [5, 5.41) is 10.8. The number of amides is 4. The predicted octanol–water partition coefficient (Wildman–Crippen LogP) is 3.79. The molecule has 30 nitrogen and oxygen atoms in total. The maximum atomic E-state index is 12.8. The molecule has 0 bridgehead atoms. The molecule has 84 heavy (non-hydrogen) atoms. The Morgan fingerprint density at radius 2 is 1.05 bits per heavy atom. The third kappa shape index (κ3) is 14.3. The molecule has 0 saturated carbocycles. The van der Waals surface area contributed by atoms with E-state index in [0.29, 0.717) is 41.3 Å². The molecule has 10 rings (SSSR count). The van der Waals surface area contributed by atoms with Crippen LogP contribution in [0.5, 0.6) is 0 Å². The van der Waals surface area contributed by atoms with E-state index in [1.165, 1.54) is 73.6 Å². The van der Waals surface area contributed by atoms with Crippen LogP contribution in [0.15, 0.2) is 88.6 Å². The lowest BCUT2D eigenvalue weighted by molar-refractivity contribution is -0.198. The van der Waals surface area contributed by atoms with E-state index in [1.54, 1.807) is 70.9 Å². The summed E-state index contributed by atoms with van der Waals surface area (Å²) >= 11 is 0. The van der Waals surface area contributed by atoms with Crippen LogP contribution in [0.25, 0.3) is 22.3 Å². The van der Waals surface area contributed by atoms with E-state index in [2.05, 4.69) is 65.6 Å². The molecular formula is C52H68N16O14S2. The number of carbonyl (C=O) groups is 3. The highest BCUT2D eigenvalue weighted by atomic mass is 32.2. The molecule has 4 fully saturated rings. The van der Waals surface area contributed by atoms with Gasteiger partial charge in [0.2, 0.25) is 26.1 Å². The number of nitrogens with zero attached hydrogens (tertiary/aromatic N) is 9. The van der Waals surface area contributed by atoms with Crippen LogP contribution in [0.2, 0.25) is 0 Å². The molecule has 4 aromatic heterocycles. The average molecular weight is 1210 g/mol. The van der Waals surface area contributed by atoms with Gasteiger partial charge in [-0.15, -0.1) is 0 Å². The zero-order chi connectivity index (χ0) is 61.3. The monoisotopic (exact) mass is 1200 g/mol. The summed E-state index contributed by atoms with van der Waals surface area (Å²) < 4.78 is 93.4. The fourth-order valence-corrected chi connectivity index (χ4v) is 12.3. The zero-order valence-electron chi connectivity index (χ0n) is 48.1. The molecule has 4 saturated heterocycles. The number of aliphatic imine (C=N–C) groups is 1. The first-order chi connectivity index (χ1) is 39.3. The van der Waals surface area contributed by atoms with Gasteiger partial charge in [-0.2, -0.15) is 4.99 Å². The number of urea groups is 1. The first-order valence-electron chi connectivity index (χ1n) is 26.4. The first kappa shape index (κ1) is 62.6. The standard InChI is InChI=1S/C26H34N8O7S.C15H20N6O4.C11H14N2O3S/c1-7-27-22(35)18-17-19(41-26(5,6)40-17)23(39-18)34-13-30-16-20(28-12-29-21(16)34)32-24(36)31-14-8-10-15(11-9-14)42(37,38)33-25(2,3)4;1-4-17-13(22)9-8-10(25-15(2,3)24-8)14(23-9)21-6-20-7-11(16)18-5-19-12(7)21;1-11(2,3)13-17(15,16)10-6-4-9(5-7-10)12-8-14/h8-13,17-19,23,33H,7H2,1-6H3,(H,27,35)(H2,28,29,31,32,36);5-6,8-10,14H,4H2,1-3H3,(H,17,22)(H2,16,18,19);4-7,13H,1-3H3/t17-,18+,19-,23-;8-,9+,10-,14-;/m11./s1. The van der Waals surface area contributed by atoms with Crippen LogP contribution < -0.4 is 36.4 Å². The molecule has 6 aromatic rings. The Labute approximate surface area is 483 Å². The minimum Gasteiger partial charge on any atom is -0.382 e. The number of nitrogen functional groups attached to an aromatic ring is 1. The van der Waals surface area contributed by atoms with Crippen molar-refractivity contribution >= 4 is 89.3 Å². The van der Waals surface area contributed by atoms with Gasteiger partial charge in [-0.05, 0) is 132 Å². The zero-order valence-corrected chi connectivity index (χ0v) is 49.7. The highest BCUT2D eigenvalue weighted by molar-refractivity contribution is 7.89. The van der Waals surface area contributed by atoms with E-state index in [0.717, 1.165) is 0 Å². The van der Waals surface area contributed by atoms with Gasteiger partial charge in [0.15, 0.2) is 64.7 Å². The summed E-state index contributed by atoms with van der Waals surface area (Å²) in [4.78, 5) is 76.8. The second kappa shape index (κ2) is 24.2. The molecule has 8 heterocycles. The minimum atomic E-state index is -3.72. The summed E-state index contributed by atoms with van der Waals surface area (Å²) in [5.74, 6) is -1.88. The Kier molecular flexibility index (Phi) is 18.1. The number of ether oxygens (including phenoxy) is 6. The Balaban J connectivity index is 0.000000184. The highest BCUT2D eigenvalue weighted by Crippen LogP contribution is 2.45. The fourth-order valence-electron chi connectivity index (χ4n) is 9.42. The number of isocyanates is 1. The van der Waals surface area contributed by atoms with E-state index in [-0.39, 0.29) is 38.8 Å². The van der Waals surface area contributed by atoms with Crippen LogP contribution in [0.3, 0.4) is 0 Å². The van der Waals surface area contributed by atoms with Gasteiger partial charge in [0.25, 0.3) is 11.8 Å². The van der Waals surface area contributed by atoms with E-state index < -0.39 is 97.8 Å². The van der Waals surface area contributed by atoms with E-state index in [9.17, 15) is 36.0 Å². The lowest BCUT2D eigenvalue weighted by atomic mass is 10.1. The molecule has 4 aliphatic rings. The lowest BCUT2D eigenvalue weighted by Crippen LogP contribution is -2.42. The fraction of sp³-hybridized carbons (Fsp3) is 0.500. The van der Waals surface area contributed by atoms with E-state index >= 15 is 0 Å². The van der Waals surface area contributed by atoms with Crippen LogP contribution in [-0.4, -0.2) is 152 Å². The largest absolute Gasteiger partial charge is 0.382 e. The number of imidazole rings is 2. The first-order valence-corrected chi connectivity index (χ1v) is 29.4. The minimum absolute atomic E-state index is 0.0669. The summed E-state index contributed by atoms with van der Waals surface area (Å²) in [6.45, 7) is 22.3. The van der Waals surface area contributed by atoms with E-state index in [4.69, 9.17) is 34.2 Å². The summed E-state index contributed by atoms with van der Waals surface area (Å²) in [5.41, 5.74) is 7.00. The molecule has 0 unspecified atom stereocenters. The highest BCUT2D eigenvalue weighted by Gasteiger charge is 2.59. The van der Waals surface area contributed by atoms with Gasteiger partial charge < -0.3 is 50.1 Å². The Morgan fingerprint density at radius 3 is 1.50 bits per heavy atom. The number of benzene rings is 2. The molecular weight excluding hydrogens is 1140 g/mol. The van der Waals surface area contributed by atoms with Crippen molar-refractivity contribution in [3.05, 3.63) is 73.8 Å². The van der Waals surface area contributed by atoms with Gasteiger partial charge in [-0.1, -0.05) is 0 Å². The molecule has 8 N–H and O–H groups in total. The van der Waals surface area contributed by atoms with Crippen molar-refractivity contribution in [2.75, 3.05) is 29.5 Å². The molecule has 4 aliphatic heterocycles. The van der Waals surface area contributed by atoms with E-state index in [1.807, 2.05) is 27.7 Å². The number of aromatic nitrogens is 8. The number of sulfonamides is 2. The third-order valence-electron chi connectivity index (χ3n) is 12.4. The van der Waals surface area contributed by atoms with Gasteiger partial charge in [0, 0.05) is 29.9 Å². The molecule has 2 aromatic carbocycles. The number of carbonyl (C=O) groups excluding carboxylic acids is 4. The number of hydrogen-bond acceptors (Lipinski definition) is 22. The maximum absolute atomic E-state index is 12.8. The topological polar surface area (TPSA) is 390 Å². The molecule has 0 radical (unpaired) electrons.